The van der Waals surface area contributed by atoms with Gasteiger partial charge in [-0.3, -0.25) is 9.97 Å². The summed E-state index contributed by atoms with van der Waals surface area (Å²) in [5.41, 5.74) is 28.5. The van der Waals surface area contributed by atoms with Gasteiger partial charge in [0.25, 0.3) is 0 Å². The molecule has 2 spiro atoms. The van der Waals surface area contributed by atoms with E-state index in [9.17, 15) is 0 Å². The van der Waals surface area contributed by atoms with Gasteiger partial charge in [0.15, 0.2) is 0 Å². The molecule has 2 heterocycles. The Morgan fingerprint density at radius 1 is 0.288 bits per heavy atom. The number of pyridine rings is 2. The molecule has 14 aromatic carbocycles. The summed E-state index contributed by atoms with van der Waals surface area (Å²) in [6, 6.07) is 107. The summed E-state index contributed by atoms with van der Waals surface area (Å²) in [4.78, 5) is 11.5. The number of aryl methyl sites for hydroxylation is 2. The maximum Gasteiger partial charge on any atom is 0.0726 e. The second-order valence-electron chi connectivity index (χ2n) is 37.8. The summed E-state index contributed by atoms with van der Waals surface area (Å²) < 4.78 is 155. The van der Waals surface area contributed by atoms with Crippen LogP contribution < -0.4 is 10.2 Å². The van der Waals surface area contributed by atoms with Crippen LogP contribution in [0.5, 0.6) is 0 Å². The molecule has 2 unspecified atom stereocenters. The van der Waals surface area contributed by atoms with E-state index in [1.165, 1.54) is 56.6 Å². The van der Waals surface area contributed by atoms with Gasteiger partial charge in [0, 0.05) is 109 Å². The number of fused-ring (bicyclic) bond motifs is 26. The van der Waals surface area contributed by atoms with E-state index >= 15 is 0 Å². The predicted molar refractivity (Wildman–Crippen MR) is 530 cm³/mol. The minimum absolute atomic E-state index is 0.00398. The lowest BCUT2D eigenvalue weighted by Crippen LogP contribution is -2.27. The first-order valence-corrected chi connectivity index (χ1v) is 43.9. The molecule has 0 bridgehead atoms. The molecule has 5 heteroatoms. The van der Waals surface area contributed by atoms with Crippen LogP contribution in [0.1, 0.15) is 235 Å². The Balaban J connectivity index is 0.000000146. The Kier molecular flexibility index (Phi) is 14.7. The molecule has 0 radical (unpaired) electrons. The smallest absolute Gasteiger partial charge is 0.0726 e. The monoisotopic (exact) mass is 1700 g/mol. The highest BCUT2D eigenvalue weighted by Gasteiger charge is 2.55. The van der Waals surface area contributed by atoms with Crippen molar-refractivity contribution in [3.63, 3.8) is 0 Å². The third-order valence-corrected chi connectivity index (χ3v) is 27.9. The average Bonchev–Trinajstić information content (AvgIpc) is 1.50. The van der Waals surface area contributed by atoms with Crippen molar-refractivity contribution < 1.29 is 24.7 Å². The zero-order valence-electron chi connectivity index (χ0n) is 90.4. The summed E-state index contributed by atoms with van der Waals surface area (Å²) in [5, 5.41) is 3.65. The Labute approximate surface area is 774 Å². The van der Waals surface area contributed by atoms with E-state index in [2.05, 4.69) is 337 Å². The van der Waals surface area contributed by atoms with Crippen LogP contribution in [0.4, 0.5) is 28.4 Å². The van der Waals surface area contributed by atoms with Crippen LogP contribution >= 0.6 is 15.9 Å². The van der Waals surface area contributed by atoms with Gasteiger partial charge in [0.1, 0.15) is 0 Å². The molecule has 4 nitrogen and oxygen atoms in total. The molecule has 0 amide bonds. The first-order valence-electron chi connectivity index (χ1n) is 52.1. The van der Waals surface area contributed by atoms with Crippen molar-refractivity contribution in [3.05, 3.63) is 433 Å². The molecule has 0 fully saturated rings. The molecule has 2 aromatic heterocycles. The standard InChI is InChI=1S/C60H54N2.C33H31Br.C27H24N2/c1-37-22-23-38(36-61-37)43-16-12-15-21-56(43)62(41-26-30-46-44-17-10-13-19-50(44)59(8,9)52(46)34-41)42-27-31-49-45-18-11-14-20-51(45)60(55(49)35-42)53-32-39(57(2,3)4)24-28-47(53)48-29-25-40(33-54(48)60)58(5,6)7;1-31(2,3)20-11-14-24-25-15-12-21(32(4,5)6)18-29(25)33(28(24)17-20)27-10-8-7-9-23(27)26-16-13-22(34)19-30(26)33;1-18-12-13-19(17-28-18)21-8-5-7-11-26(21)29-20-14-15-23-22-9-4-6-10-24(22)27(2,3)25(23)16-20/h10-36H,1-9H3;7-19H,1-6H3;4-17,29H,1-3H3/i2D3,3D3,4D3;1D3,2D3,3D3;. The second-order valence-corrected chi connectivity index (χ2v) is 38.7. The third-order valence-electron chi connectivity index (χ3n) is 27.4. The number of halogens is 1. The van der Waals surface area contributed by atoms with Gasteiger partial charge >= 0.3 is 0 Å². The lowest BCUT2D eigenvalue weighted by atomic mass is 9.68. The number of nitrogens with one attached hydrogen (secondary N) is 1. The quantitative estimate of drug-likeness (QED) is 0.173. The number of para-hydroxylation sites is 2. The van der Waals surface area contributed by atoms with Gasteiger partial charge in [-0.2, -0.15) is 0 Å². The first kappa shape index (κ1) is 62.5. The van der Waals surface area contributed by atoms with E-state index in [4.69, 9.17) is 29.7 Å². The highest BCUT2D eigenvalue weighted by atomic mass is 79.9. The third kappa shape index (κ3) is 12.9. The Morgan fingerprint density at radius 2 is 0.608 bits per heavy atom. The predicted octanol–water partition coefficient (Wildman–Crippen LogP) is 32.3. The molecule has 2 atom stereocenters. The number of anilines is 5. The fraction of sp³-hybridized carbons (Fsp3) is 0.217. The van der Waals surface area contributed by atoms with Crippen molar-refractivity contribution in [1.29, 1.82) is 0 Å². The van der Waals surface area contributed by atoms with Gasteiger partial charge in [-0.05, 0) is 264 Å². The van der Waals surface area contributed by atoms with E-state index in [1.807, 2.05) is 68.7 Å². The van der Waals surface area contributed by atoms with Crippen molar-refractivity contribution in [2.24, 2.45) is 0 Å². The zero-order chi connectivity index (χ0) is 102. The summed E-state index contributed by atoms with van der Waals surface area (Å²) in [6.07, 6.45) is 3.86. The lowest BCUT2D eigenvalue weighted by Gasteiger charge is -2.34. The molecule has 616 valence electrons. The van der Waals surface area contributed by atoms with E-state index in [-0.39, 0.29) is 32.8 Å². The number of hydrogen-bond acceptors (Lipinski definition) is 4. The molecule has 6 aliphatic carbocycles. The second kappa shape index (κ2) is 29.3. The van der Waals surface area contributed by atoms with E-state index in [0.717, 1.165) is 156 Å². The van der Waals surface area contributed by atoms with Crippen LogP contribution in [-0.4, -0.2) is 9.97 Å². The molecule has 0 aliphatic heterocycles. The number of benzene rings is 14. The van der Waals surface area contributed by atoms with Crippen LogP contribution in [0.15, 0.2) is 332 Å². The van der Waals surface area contributed by atoms with Crippen molar-refractivity contribution in [2.45, 2.75) is 168 Å². The maximum atomic E-state index is 8.78. The van der Waals surface area contributed by atoms with Crippen LogP contribution in [0.2, 0.25) is 0 Å². The molecular weight excluding hydrogens is 1580 g/mol. The van der Waals surface area contributed by atoms with Crippen LogP contribution in [0, 0.1) is 13.8 Å². The number of hydrogen-bond donors (Lipinski definition) is 1. The fourth-order valence-electron chi connectivity index (χ4n) is 21.1. The van der Waals surface area contributed by atoms with Gasteiger partial charge in [-0.15, -0.1) is 0 Å². The Bertz CT molecular complexity index is 7780. The number of aromatic nitrogens is 2. The van der Waals surface area contributed by atoms with Crippen LogP contribution in [-0.2, 0) is 43.3 Å². The summed E-state index contributed by atoms with van der Waals surface area (Å²) in [5.74, 6) is 0. The van der Waals surface area contributed by atoms with Gasteiger partial charge in [0.2, 0.25) is 0 Å². The number of rotatable bonds is 7. The van der Waals surface area contributed by atoms with Gasteiger partial charge < -0.3 is 10.2 Å². The summed E-state index contributed by atoms with van der Waals surface area (Å²) in [7, 11) is 0. The maximum absolute atomic E-state index is 8.78. The molecule has 16 aromatic rings. The molecule has 1 N–H and O–H groups in total. The minimum atomic E-state index is -3.44. The van der Waals surface area contributed by atoms with Gasteiger partial charge in [-0.25, -0.2) is 0 Å². The first-order chi connectivity index (χ1) is 67.2. The molecular formula is C120H109BrN4. The molecule has 125 heavy (non-hydrogen) atoms. The topological polar surface area (TPSA) is 41.1 Å². The summed E-state index contributed by atoms with van der Waals surface area (Å²) in [6.45, 7) is 5.72. The lowest BCUT2D eigenvalue weighted by molar-refractivity contribution is 0.586. The summed E-state index contributed by atoms with van der Waals surface area (Å²) >= 11 is 3.67. The normalized spacial score (nSPS) is 18.9. The van der Waals surface area contributed by atoms with Gasteiger partial charge in [0.05, 0.1) is 16.5 Å². The highest BCUT2D eigenvalue weighted by molar-refractivity contribution is 9.10. The minimum Gasteiger partial charge on any atom is -0.355 e. The largest absolute Gasteiger partial charge is 0.355 e. The Morgan fingerprint density at radius 3 is 1.04 bits per heavy atom. The van der Waals surface area contributed by atoms with Gasteiger partial charge in [-0.1, -0.05) is 369 Å². The highest BCUT2D eigenvalue weighted by Crippen LogP contribution is 2.67. The van der Waals surface area contributed by atoms with Crippen LogP contribution in [0.3, 0.4) is 0 Å². The zero-order valence-corrected chi connectivity index (χ0v) is 74.0. The van der Waals surface area contributed by atoms with Crippen molar-refractivity contribution in [1.82, 2.24) is 9.97 Å². The van der Waals surface area contributed by atoms with Crippen molar-refractivity contribution in [2.75, 3.05) is 10.2 Å². The van der Waals surface area contributed by atoms with E-state index in [1.54, 1.807) is 24.3 Å². The number of nitrogens with zero attached hydrogens (tertiary/aromatic N) is 3. The SMILES string of the molecule is Cc1ccc(-c2ccccc2Nc2ccc3c(c2)C(C)(C)c2ccccc2-3)cn1.[2H]C([2H])([2H])C(c1ccc2c(c1)C1(c3ccccc3-c3ccc(Br)cc31)c1cc(C(C)(C)C)ccc1-2)(C([2H])([2H])[2H])C([2H])([2H])[2H].[2H]C([2H])([2H])C(c1ccc2c(c1)C1(c3ccccc3-c3ccc(N(c4ccc5c(c4)C(C)(C)c4ccccc4-5)c4ccccc4-c4ccc(C)nc4)cc31)c1cc(C(C)(C)C)ccc1-2)(C([2H])([2H])[2H])C([2H])([2H])[2H]. The van der Waals surface area contributed by atoms with E-state index < -0.39 is 62.8 Å². The van der Waals surface area contributed by atoms with E-state index in [0.29, 0.717) is 11.1 Å². The van der Waals surface area contributed by atoms with Crippen molar-refractivity contribution >= 4 is 44.4 Å². The molecule has 0 saturated heterocycles. The Hall–Kier alpha value is -12.5. The average molecular weight is 1710 g/mol. The molecule has 0 saturated carbocycles. The van der Waals surface area contributed by atoms with Crippen LogP contribution in [0.25, 0.3) is 89.0 Å². The molecule has 6 aliphatic rings. The van der Waals surface area contributed by atoms with Crippen molar-refractivity contribution in [3.8, 4) is 89.0 Å². The molecule has 22 rings (SSSR count). The fourth-order valence-corrected chi connectivity index (χ4v) is 21.4.